The van der Waals surface area contributed by atoms with Gasteiger partial charge in [0.1, 0.15) is 0 Å². The van der Waals surface area contributed by atoms with E-state index in [0.29, 0.717) is 0 Å². The van der Waals surface area contributed by atoms with Crippen LogP contribution in [0.4, 0.5) is 0 Å². The van der Waals surface area contributed by atoms with Gasteiger partial charge in [-0.3, -0.25) is 0 Å². The smallest absolute Gasteiger partial charge is 0.0214 e. The zero-order valence-corrected chi connectivity index (χ0v) is 24.4. The average molecular weight is 531 g/mol. The second kappa shape index (κ2) is 11.2. The standard InChI is InChI=1S/C41H38/c1-5-30(20-21-31-23-25-39-37(28-31)36-17-11-12-19-38(36)41(39,3)4)26-32-22-24-34(27-32)35-18-13-16-33-15-10-8-6-7-9-14-29(2)40(33)35/h5-7,9-25,27-28,34H,2,8,26H2,1,3-4H3/b7-6-,14-9-,15-10-,21-20-,30-5+. The van der Waals surface area contributed by atoms with E-state index in [0.717, 1.165) is 18.4 Å². The van der Waals surface area contributed by atoms with Crippen LogP contribution in [0.3, 0.4) is 0 Å². The van der Waals surface area contributed by atoms with Gasteiger partial charge in [0.2, 0.25) is 0 Å². The fourth-order valence-corrected chi connectivity index (χ4v) is 6.48. The highest BCUT2D eigenvalue weighted by molar-refractivity contribution is 5.83. The molecule has 202 valence electrons. The fourth-order valence-electron chi connectivity index (χ4n) is 6.48. The summed E-state index contributed by atoms with van der Waals surface area (Å²) in [5.74, 6) is 0.249. The predicted octanol–water partition coefficient (Wildman–Crippen LogP) is 11.2. The SMILES string of the molecule is C=C1/C=C\C=C/C/C=C\c2cccc(C3C=CC(CC(/C=C\c4ccc5c(c4)-c4ccccc4C5(C)C)=C/C)=C3)c21. The minimum atomic E-state index is 0.0470. The minimum absolute atomic E-state index is 0.0470. The van der Waals surface area contributed by atoms with Crippen molar-refractivity contribution in [3.8, 4) is 11.1 Å². The number of benzene rings is 3. The molecule has 41 heavy (non-hydrogen) atoms. The third-order valence-electron chi connectivity index (χ3n) is 8.71. The van der Waals surface area contributed by atoms with Crippen LogP contribution in [-0.4, -0.2) is 0 Å². The lowest BCUT2D eigenvalue weighted by Crippen LogP contribution is -2.14. The van der Waals surface area contributed by atoms with E-state index in [4.69, 9.17) is 0 Å². The van der Waals surface area contributed by atoms with Gasteiger partial charge < -0.3 is 0 Å². The molecule has 6 rings (SSSR count). The lowest BCUT2D eigenvalue weighted by atomic mass is 9.82. The Morgan fingerprint density at radius 2 is 1.76 bits per heavy atom. The predicted molar refractivity (Wildman–Crippen MR) is 179 cm³/mol. The van der Waals surface area contributed by atoms with E-state index in [2.05, 4.69) is 161 Å². The molecule has 0 heterocycles. The zero-order chi connectivity index (χ0) is 28.4. The Bertz CT molecular complexity index is 1720. The van der Waals surface area contributed by atoms with Crippen molar-refractivity contribution >= 4 is 17.7 Å². The van der Waals surface area contributed by atoms with E-state index in [1.807, 2.05) is 0 Å². The molecule has 0 fully saturated rings. The summed E-state index contributed by atoms with van der Waals surface area (Å²) in [6.45, 7) is 11.2. The van der Waals surface area contributed by atoms with Crippen LogP contribution < -0.4 is 0 Å². The summed E-state index contributed by atoms with van der Waals surface area (Å²) >= 11 is 0. The molecule has 3 aromatic carbocycles. The van der Waals surface area contributed by atoms with Crippen LogP contribution in [0.25, 0.3) is 28.9 Å². The maximum atomic E-state index is 4.42. The molecule has 0 nitrogen and oxygen atoms in total. The first-order chi connectivity index (χ1) is 20.0. The highest BCUT2D eigenvalue weighted by Gasteiger charge is 2.34. The van der Waals surface area contributed by atoms with Crippen LogP contribution >= 0.6 is 0 Å². The summed E-state index contributed by atoms with van der Waals surface area (Å²) in [5, 5.41) is 0. The molecule has 0 radical (unpaired) electrons. The molecular weight excluding hydrogens is 492 g/mol. The van der Waals surface area contributed by atoms with Crippen molar-refractivity contribution in [2.24, 2.45) is 0 Å². The molecule has 0 amide bonds. The molecule has 0 aromatic heterocycles. The van der Waals surface area contributed by atoms with Gasteiger partial charge in [-0.25, -0.2) is 0 Å². The second-order valence-corrected chi connectivity index (χ2v) is 11.7. The van der Waals surface area contributed by atoms with Gasteiger partial charge in [-0.15, -0.1) is 0 Å². The Balaban J connectivity index is 1.22. The quantitative estimate of drug-likeness (QED) is 0.288. The maximum absolute atomic E-state index is 4.42. The Hall–Kier alpha value is -4.42. The van der Waals surface area contributed by atoms with Gasteiger partial charge in [-0.1, -0.05) is 148 Å². The first kappa shape index (κ1) is 26.8. The summed E-state index contributed by atoms with van der Waals surface area (Å²) in [7, 11) is 0. The molecule has 0 saturated heterocycles. The van der Waals surface area contributed by atoms with Crippen LogP contribution in [0.2, 0.25) is 0 Å². The topological polar surface area (TPSA) is 0 Å². The number of fused-ring (bicyclic) bond motifs is 4. The van der Waals surface area contributed by atoms with Crippen molar-refractivity contribution in [1.29, 1.82) is 0 Å². The zero-order valence-electron chi connectivity index (χ0n) is 24.4. The molecule has 1 atom stereocenters. The molecule has 3 aliphatic carbocycles. The van der Waals surface area contributed by atoms with Crippen molar-refractivity contribution in [3.05, 3.63) is 173 Å². The van der Waals surface area contributed by atoms with Crippen molar-refractivity contribution in [3.63, 3.8) is 0 Å². The van der Waals surface area contributed by atoms with Crippen molar-refractivity contribution in [2.45, 2.75) is 44.9 Å². The third kappa shape index (κ3) is 5.23. The van der Waals surface area contributed by atoms with Crippen LogP contribution in [-0.2, 0) is 5.41 Å². The largest absolute Gasteiger partial charge is 0.0911 e. The summed E-state index contributed by atoms with van der Waals surface area (Å²) in [5.41, 5.74) is 14.4. The number of hydrogen-bond acceptors (Lipinski definition) is 0. The van der Waals surface area contributed by atoms with Crippen molar-refractivity contribution in [2.75, 3.05) is 0 Å². The normalized spacial score (nSPS) is 21.2. The lowest BCUT2D eigenvalue weighted by molar-refractivity contribution is 0.660. The molecule has 0 N–H and O–H groups in total. The molecule has 0 bridgehead atoms. The van der Waals surface area contributed by atoms with Gasteiger partial charge in [-0.05, 0) is 87.1 Å². The Morgan fingerprint density at radius 1 is 0.902 bits per heavy atom. The Morgan fingerprint density at radius 3 is 2.63 bits per heavy atom. The molecular formula is C41H38. The van der Waals surface area contributed by atoms with Crippen LogP contribution in [0.1, 0.15) is 72.9 Å². The van der Waals surface area contributed by atoms with E-state index in [-0.39, 0.29) is 11.3 Å². The van der Waals surface area contributed by atoms with E-state index in [9.17, 15) is 0 Å². The summed E-state index contributed by atoms with van der Waals surface area (Å²) in [6.07, 6.45) is 28.6. The van der Waals surface area contributed by atoms with E-state index in [1.165, 1.54) is 55.7 Å². The van der Waals surface area contributed by atoms with E-state index >= 15 is 0 Å². The second-order valence-electron chi connectivity index (χ2n) is 11.7. The van der Waals surface area contributed by atoms with Crippen LogP contribution in [0, 0.1) is 0 Å². The first-order valence-corrected chi connectivity index (χ1v) is 14.7. The highest BCUT2D eigenvalue weighted by atomic mass is 14.4. The van der Waals surface area contributed by atoms with Crippen LogP contribution in [0.15, 0.2) is 139 Å². The first-order valence-electron chi connectivity index (χ1n) is 14.7. The van der Waals surface area contributed by atoms with Crippen molar-refractivity contribution < 1.29 is 0 Å². The summed E-state index contributed by atoms with van der Waals surface area (Å²) in [6, 6.07) is 22.4. The molecule has 3 aromatic rings. The van der Waals surface area contributed by atoms with Gasteiger partial charge in [-0.2, -0.15) is 0 Å². The molecule has 0 heteroatoms. The van der Waals surface area contributed by atoms with Gasteiger partial charge >= 0.3 is 0 Å². The maximum Gasteiger partial charge on any atom is 0.0214 e. The van der Waals surface area contributed by atoms with Gasteiger partial charge in [0, 0.05) is 11.3 Å². The van der Waals surface area contributed by atoms with E-state index < -0.39 is 0 Å². The summed E-state index contributed by atoms with van der Waals surface area (Å²) < 4.78 is 0. The third-order valence-corrected chi connectivity index (χ3v) is 8.71. The lowest BCUT2D eigenvalue weighted by Gasteiger charge is -2.21. The van der Waals surface area contributed by atoms with Crippen LogP contribution in [0.5, 0.6) is 0 Å². The van der Waals surface area contributed by atoms with Gasteiger partial charge in [0.15, 0.2) is 0 Å². The Kier molecular flexibility index (Phi) is 7.33. The average Bonchev–Trinajstić information content (AvgIpc) is 3.54. The number of allylic oxidation sites excluding steroid dienone is 13. The van der Waals surface area contributed by atoms with Gasteiger partial charge in [0.05, 0.1) is 0 Å². The van der Waals surface area contributed by atoms with Crippen molar-refractivity contribution in [1.82, 2.24) is 0 Å². The minimum Gasteiger partial charge on any atom is -0.0911 e. The molecule has 3 aliphatic rings. The molecule has 0 aliphatic heterocycles. The highest BCUT2D eigenvalue weighted by Crippen LogP contribution is 2.48. The fraction of sp³-hybridized carbons (Fsp3) is 0.171. The molecule has 0 spiro atoms. The number of rotatable bonds is 5. The summed E-state index contributed by atoms with van der Waals surface area (Å²) in [4.78, 5) is 0. The van der Waals surface area contributed by atoms with Gasteiger partial charge in [0.25, 0.3) is 0 Å². The number of hydrogen-bond donors (Lipinski definition) is 0. The van der Waals surface area contributed by atoms with E-state index in [1.54, 1.807) is 0 Å². The molecule has 0 saturated carbocycles. The molecule has 1 unspecified atom stereocenters. The monoisotopic (exact) mass is 530 g/mol. The Labute approximate surface area is 245 Å².